The molecule has 1 aliphatic carbocycles. The minimum atomic E-state index is -0.460. The number of allylic oxidation sites excluding steroid dienone is 2. The standard InChI is InChI=1S/C20H15Cl2N3O3/c1-10-8-20(10,2)17-14(23-9-28-17)7-16-19(27)24-15(18(26)25-16)5-11-3-12(21)6-13(22)4-11/h3-9H,1-2H3,(H,24,27)(H,25,26)/b15-5-,16-7-. The average Bonchev–Trinajstić information content (AvgIpc) is 3.01. The summed E-state index contributed by atoms with van der Waals surface area (Å²) in [5.41, 5.74) is 1.03. The molecule has 1 atom stereocenters. The maximum atomic E-state index is 12.5. The molecule has 2 N–H and O–H groups in total. The van der Waals surface area contributed by atoms with Gasteiger partial charge in [0.2, 0.25) is 0 Å². The summed E-state index contributed by atoms with van der Waals surface area (Å²) in [5.74, 6) is 0.634. The normalized spacial score (nSPS) is 19.8. The Morgan fingerprint density at radius 2 is 1.61 bits per heavy atom. The number of hydrogen-bond donors (Lipinski definition) is 2. The van der Waals surface area contributed by atoms with E-state index in [2.05, 4.69) is 15.0 Å². The smallest absolute Gasteiger partial charge is 0.272 e. The van der Waals surface area contributed by atoms with Crippen molar-refractivity contribution in [2.45, 2.75) is 19.3 Å². The van der Waals surface area contributed by atoms with E-state index in [1.165, 1.54) is 18.5 Å². The summed E-state index contributed by atoms with van der Waals surface area (Å²) in [6.45, 7) is 4.00. The Morgan fingerprint density at radius 3 is 2.18 bits per heavy atom. The predicted molar refractivity (Wildman–Crippen MR) is 108 cm³/mol. The molecule has 2 aromatic heterocycles. The van der Waals surface area contributed by atoms with E-state index in [-0.39, 0.29) is 16.1 Å². The van der Waals surface area contributed by atoms with E-state index >= 15 is 0 Å². The summed E-state index contributed by atoms with van der Waals surface area (Å²) in [7, 11) is 0. The monoisotopic (exact) mass is 415 g/mol. The van der Waals surface area contributed by atoms with Crippen molar-refractivity contribution < 1.29 is 4.42 Å². The van der Waals surface area contributed by atoms with Gasteiger partial charge in [0.15, 0.2) is 6.39 Å². The van der Waals surface area contributed by atoms with Gasteiger partial charge in [0.25, 0.3) is 11.1 Å². The number of halogens is 2. The van der Waals surface area contributed by atoms with Crippen LogP contribution in [0.15, 0.2) is 50.2 Å². The van der Waals surface area contributed by atoms with Crippen LogP contribution in [0.4, 0.5) is 0 Å². The number of hydrogen-bond acceptors (Lipinski definition) is 4. The van der Waals surface area contributed by atoms with Gasteiger partial charge in [-0.25, -0.2) is 4.98 Å². The zero-order chi connectivity index (χ0) is 20.1. The lowest BCUT2D eigenvalue weighted by Crippen LogP contribution is -2.46. The van der Waals surface area contributed by atoms with Gasteiger partial charge >= 0.3 is 0 Å². The molecule has 4 rings (SSSR count). The number of rotatable bonds is 3. The fraction of sp³-hybridized carbons (Fsp3) is 0.150. The molecule has 2 heterocycles. The third-order valence-electron chi connectivity index (χ3n) is 4.77. The molecule has 0 spiro atoms. The van der Waals surface area contributed by atoms with E-state index < -0.39 is 11.1 Å². The van der Waals surface area contributed by atoms with Crippen molar-refractivity contribution in [1.29, 1.82) is 0 Å². The first-order valence-electron chi connectivity index (χ1n) is 8.42. The summed E-state index contributed by atoms with van der Waals surface area (Å²) in [6.07, 6.45) is 6.38. The van der Waals surface area contributed by atoms with E-state index in [9.17, 15) is 9.59 Å². The van der Waals surface area contributed by atoms with Crippen LogP contribution in [-0.2, 0) is 5.41 Å². The molecule has 0 saturated carbocycles. The van der Waals surface area contributed by atoms with Crippen molar-refractivity contribution in [3.8, 4) is 0 Å². The van der Waals surface area contributed by atoms with Crippen LogP contribution in [0.1, 0.15) is 30.9 Å². The fourth-order valence-electron chi connectivity index (χ4n) is 3.05. The van der Waals surface area contributed by atoms with Gasteiger partial charge in [-0.2, -0.15) is 0 Å². The van der Waals surface area contributed by atoms with Crippen LogP contribution in [0.3, 0.4) is 0 Å². The van der Waals surface area contributed by atoms with Gasteiger partial charge in [-0.05, 0) is 49.8 Å². The van der Waals surface area contributed by atoms with Crippen molar-refractivity contribution in [3.05, 3.63) is 94.7 Å². The lowest BCUT2D eigenvalue weighted by Gasteiger charge is -2.07. The van der Waals surface area contributed by atoms with Gasteiger partial charge in [-0.1, -0.05) is 34.9 Å². The number of benzene rings is 1. The third-order valence-corrected chi connectivity index (χ3v) is 5.21. The molecule has 0 amide bonds. The molecule has 1 unspecified atom stereocenters. The zero-order valence-electron chi connectivity index (χ0n) is 15.0. The molecule has 1 aliphatic rings. The molecule has 0 saturated heterocycles. The Kier molecular flexibility index (Phi) is 4.40. The molecule has 0 bridgehead atoms. The minimum Gasteiger partial charge on any atom is -0.447 e. The summed E-state index contributed by atoms with van der Waals surface area (Å²) < 4.78 is 5.50. The molecule has 3 aromatic rings. The largest absolute Gasteiger partial charge is 0.447 e. The second kappa shape index (κ2) is 6.65. The number of aromatic amines is 2. The second-order valence-electron chi connectivity index (χ2n) is 6.82. The third kappa shape index (κ3) is 3.37. The van der Waals surface area contributed by atoms with Crippen LogP contribution in [0.2, 0.25) is 10.0 Å². The molecular formula is C20H15Cl2N3O3. The Morgan fingerprint density at radius 1 is 1.04 bits per heavy atom. The van der Waals surface area contributed by atoms with Gasteiger partial charge in [-0.3, -0.25) is 9.59 Å². The first-order chi connectivity index (χ1) is 13.3. The van der Waals surface area contributed by atoms with Crippen molar-refractivity contribution in [3.63, 3.8) is 0 Å². The van der Waals surface area contributed by atoms with Crippen molar-refractivity contribution in [2.24, 2.45) is 0 Å². The highest BCUT2D eigenvalue weighted by Gasteiger charge is 2.42. The summed E-state index contributed by atoms with van der Waals surface area (Å²) in [4.78, 5) is 34.3. The molecule has 28 heavy (non-hydrogen) atoms. The molecule has 0 radical (unpaired) electrons. The van der Waals surface area contributed by atoms with Crippen LogP contribution in [0.5, 0.6) is 0 Å². The maximum Gasteiger partial charge on any atom is 0.272 e. The average molecular weight is 416 g/mol. The van der Waals surface area contributed by atoms with Gasteiger partial charge in [0, 0.05) is 10.0 Å². The van der Waals surface area contributed by atoms with Crippen molar-refractivity contribution >= 4 is 35.4 Å². The fourth-order valence-corrected chi connectivity index (χ4v) is 3.59. The van der Waals surface area contributed by atoms with Gasteiger partial charge in [0.05, 0.1) is 5.41 Å². The van der Waals surface area contributed by atoms with E-state index in [1.807, 2.05) is 19.9 Å². The molecule has 6 nitrogen and oxygen atoms in total. The molecule has 142 valence electrons. The van der Waals surface area contributed by atoms with E-state index in [0.717, 1.165) is 5.57 Å². The molecule has 8 heteroatoms. The Bertz CT molecular complexity index is 1340. The molecular weight excluding hydrogens is 401 g/mol. The van der Waals surface area contributed by atoms with Crippen LogP contribution in [0, 0.1) is 0 Å². The minimum absolute atomic E-state index is 0.0864. The second-order valence-corrected chi connectivity index (χ2v) is 7.70. The summed E-state index contributed by atoms with van der Waals surface area (Å²) >= 11 is 11.9. The molecule has 0 fully saturated rings. The number of aromatic nitrogens is 3. The highest BCUT2D eigenvalue weighted by Crippen LogP contribution is 2.47. The Hall–Kier alpha value is -2.83. The lowest BCUT2D eigenvalue weighted by atomic mass is 9.98. The first kappa shape index (κ1) is 18.5. The zero-order valence-corrected chi connectivity index (χ0v) is 16.5. The van der Waals surface area contributed by atoms with Gasteiger partial charge < -0.3 is 14.4 Å². The molecule has 0 aliphatic heterocycles. The Labute approximate surface area is 168 Å². The highest BCUT2D eigenvalue weighted by atomic mass is 35.5. The van der Waals surface area contributed by atoms with Crippen LogP contribution in [-0.4, -0.2) is 15.0 Å². The quantitative estimate of drug-likeness (QED) is 0.641. The number of nitrogens with one attached hydrogen (secondary N) is 2. The Balaban J connectivity index is 1.81. The highest BCUT2D eigenvalue weighted by molar-refractivity contribution is 6.34. The van der Waals surface area contributed by atoms with Crippen molar-refractivity contribution in [2.75, 3.05) is 0 Å². The maximum absolute atomic E-state index is 12.5. The van der Waals surface area contributed by atoms with E-state index in [1.54, 1.807) is 18.2 Å². The van der Waals surface area contributed by atoms with Gasteiger partial charge in [-0.15, -0.1) is 0 Å². The summed E-state index contributed by atoms with van der Waals surface area (Å²) in [5, 5.41) is 1.04. The van der Waals surface area contributed by atoms with Crippen LogP contribution < -0.4 is 21.8 Å². The molecule has 1 aromatic carbocycles. The SMILES string of the molecule is CC1=CC1(C)c1ocnc1/C=c1\[nH]c(=O)/c(=C/c2cc(Cl)cc(Cl)c2)[nH]c1=O. The number of H-pyrrole nitrogens is 2. The van der Waals surface area contributed by atoms with E-state index in [0.29, 0.717) is 27.1 Å². The lowest BCUT2D eigenvalue weighted by molar-refractivity contribution is 0.472. The van der Waals surface area contributed by atoms with Gasteiger partial charge in [0.1, 0.15) is 22.2 Å². The number of nitrogens with zero attached hydrogens (tertiary/aromatic N) is 1. The van der Waals surface area contributed by atoms with Crippen LogP contribution >= 0.6 is 23.2 Å². The predicted octanol–water partition coefficient (Wildman–Crippen LogP) is 2.23. The number of oxazole rings is 1. The topological polar surface area (TPSA) is 91.8 Å². The first-order valence-corrected chi connectivity index (χ1v) is 9.18. The van der Waals surface area contributed by atoms with E-state index in [4.69, 9.17) is 27.6 Å². The van der Waals surface area contributed by atoms with Crippen LogP contribution in [0.25, 0.3) is 12.2 Å². The van der Waals surface area contributed by atoms with Crippen molar-refractivity contribution in [1.82, 2.24) is 15.0 Å². The summed E-state index contributed by atoms with van der Waals surface area (Å²) in [6, 6.07) is 4.86.